The Bertz CT molecular complexity index is 1260. The van der Waals surface area contributed by atoms with Crippen molar-refractivity contribution in [2.24, 2.45) is 0 Å². The van der Waals surface area contributed by atoms with Gasteiger partial charge < -0.3 is 16.2 Å². The number of nitrogens with two attached hydrogens (primary N) is 2. The Balaban J connectivity index is 2.02. The van der Waals surface area contributed by atoms with E-state index < -0.39 is 5.60 Å². The van der Waals surface area contributed by atoms with Crippen molar-refractivity contribution in [3.63, 3.8) is 0 Å². The Kier molecular flexibility index (Phi) is 9.95. The molecular formula is C36H48N2O2. The van der Waals surface area contributed by atoms with E-state index in [0.29, 0.717) is 5.56 Å². The summed E-state index contributed by atoms with van der Waals surface area (Å²) in [5, 5.41) is 0. The number of carbonyl (C=O) groups is 1. The predicted octanol–water partition coefficient (Wildman–Crippen LogP) is 8.68. The van der Waals surface area contributed by atoms with Gasteiger partial charge in [-0.25, -0.2) is 4.79 Å². The highest BCUT2D eigenvalue weighted by molar-refractivity contribution is 5.97. The van der Waals surface area contributed by atoms with Gasteiger partial charge in [0.1, 0.15) is 0 Å². The number of fused-ring (bicyclic) bond motifs is 1. The van der Waals surface area contributed by atoms with Crippen LogP contribution in [0, 0.1) is 0 Å². The van der Waals surface area contributed by atoms with Crippen LogP contribution in [0.4, 0.5) is 11.4 Å². The highest BCUT2D eigenvalue weighted by Crippen LogP contribution is 2.52. The van der Waals surface area contributed by atoms with Crippen molar-refractivity contribution >= 4 is 17.3 Å². The normalized spacial score (nSPS) is 13.8. The molecule has 0 aliphatic carbocycles. The average Bonchev–Trinajstić information content (AvgIpc) is 3.26. The minimum absolute atomic E-state index is 0.329. The first-order chi connectivity index (χ1) is 19.4. The number of nitrogen functional groups attached to an aromatic ring is 2. The van der Waals surface area contributed by atoms with Crippen molar-refractivity contribution in [3.8, 4) is 0 Å². The monoisotopic (exact) mass is 540 g/mol. The maximum absolute atomic E-state index is 13.5. The standard InChI is InChI=1S/C36H48N2O2/c1-5-9-15-25-21-23-31(33(37)27(25)17-11-7-3)36(30-20-14-13-19-29(30)35(39)40-36)32-24-22-26(16-10-6-2)28(34(32)38)18-12-8-4/h13-14,19-24H,5-12,15-18,37-38H2,1-4H3. The van der Waals surface area contributed by atoms with Gasteiger partial charge in [0.15, 0.2) is 5.60 Å². The van der Waals surface area contributed by atoms with Crippen molar-refractivity contribution in [2.45, 2.75) is 110 Å². The van der Waals surface area contributed by atoms with E-state index in [0.717, 1.165) is 105 Å². The summed E-state index contributed by atoms with van der Waals surface area (Å²) < 4.78 is 6.52. The molecule has 0 aromatic heterocycles. The van der Waals surface area contributed by atoms with Gasteiger partial charge in [-0.15, -0.1) is 0 Å². The van der Waals surface area contributed by atoms with Crippen molar-refractivity contribution in [2.75, 3.05) is 11.5 Å². The van der Waals surface area contributed by atoms with E-state index in [1.807, 2.05) is 24.3 Å². The number of esters is 1. The Hall–Kier alpha value is -3.27. The second-order valence-corrected chi connectivity index (χ2v) is 11.4. The van der Waals surface area contributed by atoms with Crippen LogP contribution in [0.3, 0.4) is 0 Å². The highest BCUT2D eigenvalue weighted by atomic mass is 16.6. The first kappa shape index (κ1) is 29.7. The number of carbonyl (C=O) groups excluding carboxylic acids is 1. The van der Waals surface area contributed by atoms with E-state index in [-0.39, 0.29) is 5.97 Å². The van der Waals surface area contributed by atoms with E-state index in [1.54, 1.807) is 0 Å². The molecule has 1 heterocycles. The molecule has 0 bridgehead atoms. The Morgan fingerprint density at radius 1 is 0.600 bits per heavy atom. The lowest BCUT2D eigenvalue weighted by Crippen LogP contribution is -2.32. The Labute approximate surface area is 241 Å². The van der Waals surface area contributed by atoms with Crippen LogP contribution in [0.15, 0.2) is 48.5 Å². The van der Waals surface area contributed by atoms with Crippen molar-refractivity contribution in [3.05, 3.63) is 93.0 Å². The Morgan fingerprint density at radius 2 is 1.05 bits per heavy atom. The molecule has 4 N–H and O–H groups in total. The molecule has 3 aromatic rings. The lowest BCUT2D eigenvalue weighted by atomic mass is 9.75. The first-order valence-electron chi connectivity index (χ1n) is 15.6. The molecule has 3 aromatic carbocycles. The summed E-state index contributed by atoms with van der Waals surface area (Å²) in [6.45, 7) is 8.86. The summed E-state index contributed by atoms with van der Waals surface area (Å²) in [4.78, 5) is 13.5. The molecule has 4 nitrogen and oxygen atoms in total. The van der Waals surface area contributed by atoms with Crippen LogP contribution < -0.4 is 11.5 Å². The maximum Gasteiger partial charge on any atom is 0.340 e. The number of ether oxygens (including phenoxy) is 1. The lowest BCUT2D eigenvalue weighted by Gasteiger charge is -2.34. The second kappa shape index (κ2) is 13.4. The van der Waals surface area contributed by atoms with Crippen LogP contribution >= 0.6 is 0 Å². The van der Waals surface area contributed by atoms with Gasteiger partial charge in [0.25, 0.3) is 0 Å². The number of unbranched alkanes of at least 4 members (excludes halogenated alkanes) is 4. The molecule has 0 saturated carbocycles. The molecule has 1 aliphatic rings. The van der Waals surface area contributed by atoms with E-state index in [2.05, 4.69) is 52.0 Å². The lowest BCUT2D eigenvalue weighted by molar-refractivity contribution is 0.0255. The highest BCUT2D eigenvalue weighted by Gasteiger charge is 2.51. The van der Waals surface area contributed by atoms with Gasteiger partial charge in [-0.1, -0.05) is 95.8 Å². The summed E-state index contributed by atoms with van der Waals surface area (Å²) in [6, 6.07) is 16.4. The summed E-state index contributed by atoms with van der Waals surface area (Å²) in [7, 11) is 0. The van der Waals surface area contributed by atoms with Gasteiger partial charge in [-0.05, 0) is 79.7 Å². The molecular weight excluding hydrogens is 492 g/mol. The van der Waals surface area contributed by atoms with Crippen LogP contribution in [0.2, 0.25) is 0 Å². The van der Waals surface area contributed by atoms with Crippen molar-refractivity contribution < 1.29 is 9.53 Å². The van der Waals surface area contributed by atoms with Gasteiger partial charge in [0.05, 0.1) is 5.56 Å². The molecule has 4 heteroatoms. The quantitative estimate of drug-likeness (QED) is 0.158. The number of anilines is 2. The van der Waals surface area contributed by atoms with E-state index in [1.165, 1.54) is 22.3 Å². The Morgan fingerprint density at radius 3 is 1.52 bits per heavy atom. The SMILES string of the molecule is CCCCc1ccc(C2(c3ccc(CCCC)c(CCCC)c3N)OC(=O)c3ccccc32)c(N)c1CCCC. The molecule has 0 atom stereocenters. The van der Waals surface area contributed by atoms with Crippen LogP contribution in [0.5, 0.6) is 0 Å². The number of hydrogen-bond donors (Lipinski definition) is 2. The second-order valence-electron chi connectivity index (χ2n) is 11.4. The van der Waals surface area contributed by atoms with Gasteiger partial charge in [-0.3, -0.25) is 0 Å². The summed E-state index contributed by atoms with van der Waals surface area (Å²) in [6.07, 6.45) is 12.6. The van der Waals surface area contributed by atoms with Gasteiger partial charge in [0, 0.05) is 28.1 Å². The molecule has 0 fully saturated rings. The third-order valence-corrected chi connectivity index (χ3v) is 8.60. The van der Waals surface area contributed by atoms with Crippen LogP contribution in [0.1, 0.15) is 128 Å². The fourth-order valence-electron chi connectivity index (χ4n) is 6.30. The predicted molar refractivity (Wildman–Crippen MR) is 168 cm³/mol. The van der Waals surface area contributed by atoms with E-state index >= 15 is 0 Å². The smallest absolute Gasteiger partial charge is 0.340 e. The molecule has 40 heavy (non-hydrogen) atoms. The number of cyclic esters (lactones) is 1. The third kappa shape index (κ3) is 5.50. The third-order valence-electron chi connectivity index (χ3n) is 8.60. The van der Waals surface area contributed by atoms with Crippen molar-refractivity contribution in [1.29, 1.82) is 0 Å². The minimum Gasteiger partial charge on any atom is -0.440 e. The van der Waals surface area contributed by atoms with Crippen LogP contribution in [-0.4, -0.2) is 5.97 Å². The zero-order valence-corrected chi connectivity index (χ0v) is 25.1. The largest absolute Gasteiger partial charge is 0.440 e. The van der Waals surface area contributed by atoms with Gasteiger partial charge >= 0.3 is 5.97 Å². The first-order valence-corrected chi connectivity index (χ1v) is 15.6. The van der Waals surface area contributed by atoms with Crippen LogP contribution in [-0.2, 0) is 36.0 Å². The molecule has 1 aliphatic heterocycles. The van der Waals surface area contributed by atoms with Gasteiger partial charge in [0.2, 0.25) is 0 Å². The van der Waals surface area contributed by atoms with Crippen LogP contribution in [0.25, 0.3) is 0 Å². The molecule has 0 spiro atoms. The molecule has 4 rings (SSSR count). The fraction of sp³-hybridized carbons (Fsp3) is 0.472. The number of hydrogen-bond acceptors (Lipinski definition) is 4. The molecule has 0 unspecified atom stereocenters. The summed E-state index contributed by atoms with van der Waals surface area (Å²) >= 11 is 0. The summed E-state index contributed by atoms with van der Waals surface area (Å²) in [5.74, 6) is -0.329. The number of aryl methyl sites for hydroxylation is 2. The molecule has 0 radical (unpaired) electrons. The number of benzene rings is 3. The zero-order valence-electron chi connectivity index (χ0n) is 25.1. The topological polar surface area (TPSA) is 78.3 Å². The van der Waals surface area contributed by atoms with E-state index in [4.69, 9.17) is 16.2 Å². The molecule has 214 valence electrons. The number of rotatable bonds is 14. The molecule has 0 amide bonds. The van der Waals surface area contributed by atoms with E-state index in [9.17, 15) is 4.79 Å². The fourth-order valence-corrected chi connectivity index (χ4v) is 6.30. The summed E-state index contributed by atoms with van der Waals surface area (Å²) in [5.41, 5.74) is 22.6. The zero-order chi connectivity index (χ0) is 28.7. The van der Waals surface area contributed by atoms with Gasteiger partial charge in [-0.2, -0.15) is 0 Å². The van der Waals surface area contributed by atoms with Crippen molar-refractivity contribution in [1.82, 2.24) is 0 Å². The molecule has 0 saturated heterocycles. The minimum atomic E-state index is -1.18. The average molecular weight is 541 g/mol. The maximum atomic E-state index is 13.5.